The predicted octanol–water partition coefficient (Wildman–Crippen LogP) is 2.56. The van der Waals surface area contributed by atoms with Crippen LogP contribution in [0.25, 0.3) is 0 Å². The summed E-state index contributed by atoms with van der Waals surface area (Å²) in [4.78, 5) is 48.3. The van der Waals surface area contributed by atoms with Gasteiger partial charge in [-0.2, -0.15) is 0 Å². The van der Waals surface area contributed by atoms with Gasteiger partial charge >= 0.3 is 0 Å². The Hall–Kier alpha value is -2.76. The monoisotopic (exact) mass is 354 g/mol. The van der Waals surface area contributed by atoms with E-state index < -0.39 is 0 Å². The average Bonchev–Trinajstić information content (AvgIpc) is 2.94. The summed E-state index contributed by atoms with van der Waals surface area (Å²) >= 11 is 0. The largest absolute Gasteiger partial charge is 0.326 e. The molecule has 1 aromatic carbocycles. The Morgan fingerprint density at radius 2 is 1.58 bits per heavy atom. The second kappa shape index (κ2) is 7.64. The Labute approximate surface area is 152 Å². The summed E-state index contributed by atoms with van der Waals surface area (Å²) in [5.41, 5.74) is 1.30. The Morgan fingerprint density at radius 1 is 1.00 bits per heavy atom. The highest BCUT2D eigenvalue weighted by atomic mass is 16.2. The molecule has 1 aliphatic carbocycles. The van der Waals surface area contributed by atoms with Crippen LogP contribution in [0, 0.1) is 11.8 Å². The van der Waals surface area contributed by atoms with Gasteiger partial charge in [-0.05, 0) is 62.8 Å². The van der Waals surface area contributed by atoms with Crippen molar-refractivity contribution < 1.29 is 19.2 Å². The van der Waals surface area contributed by atoms with Crippen molar-refractivity contribution in [2.24, 2.45) is 11.8 Å². The molecule has 0 saturated heterocycles. The van der Waals surface area contributed by atoms with Gasteiger partial charge in [-0.3, -0.25) is 24.1 Å². The maximum Gasteiger partial charge on any atom is 0.253 e. The van der Waals surface area contributed by atoms with Gasteiger partial charge < -0.3 is 5.32 Å². The second-order valence-electron chi connectivity index (χ2n) is 6.96. The zero-order chi connectivity index (χ0) is 18.7. The normalized spacial score (nSPS) is 22.6. The van der Waals surface area contributed by atoms with E-state index in [2.05, 4.69) is 5.32 Å². The van der Waals surface area contributed by atoms with Crippen LogP contribution < -0.4 is 5.32 Å². The van der Waals surface area contributed by atoms with E-state index in [9.17, 15) is 19.2 Å². The van der Waals surface area contributed by atoms with Crippen molar-refractivity contribution in [2.45, 2.75) is 32.6 Å². The first-order valence-corrected chi connectivity index (χ1v) is 8.89. The molecule has 136 valence electrons. The van der Waals surface area contributed by atoms with E-state index in [1.807, 2.05) is 0 Å². The maximum atomic E-state index is 12.4. The van der Waals surface area contributed by atoms with Crippen LogP contribution >= 0.6 is 0 Å². The van der Waals surface area contributed by atoms with Crippen LogP contribution in [-0.4, -0.2) is 34.9 Å². The molecule has 0 bridgehead atoms. The van der Waals surface area contributed by atoms with Gasteiger partial charge in [-0.1, -0.05) is 0 Å². The van der Waals surface area contributed by atoms with Gasteiger partial charge in [0, 0.05) is 35.9 Å². The average molecular weight is 354 g/mol. The quantitative estimate of drug-likeness (QED) is 0.651. The van der Waals surface area contributed by atoms with Crippen LogP contribution in [-0.2, 0) is 14.4 Å². The first kappa shape index (κ1) is 18.0. The zero-order valence-electron chi connectivity index (χ0n) is 14.7. The molecule has 3 amide bonds. The van der Waals surface area contributed by atoms with E-state index >= 15 is 0 Å². The fourth-order valence-corrected chi connectivity index (χ4v) is 3.51. The first-order chi connectivity index (χ1) is 12.4. The standard InChI is InChI=1S/C20H22N2O4/c1-13(23)15-6-8-17(9-7-15)21-20(26)16-4-2-14(3-5-16)12-22-18(24)10-11-19(22)25/h6-11,14,16H,2-5,12H2,1H3,(H,21,26). The Morgan fingerprint density at radius 3 is 2.12 bits per heavy atom. The van der Waals surface area contributed by atoms with Crippen molar-refractivity contribution in [1.82, 2.24) is 4.90 Å². The minimum Gasteiger partial charge on any atom is -0.326 e. The Kier molecular flexibility index (Phi) is 5.30. The van der Waals surface area contributed by atoms with E-state index in [0.717, 1.165) is 25.7 Å². The van der Waals surface area contributed by atoms with Crippen LogP contribution in [0.3, 0.4) is 0 Å². The molecule has 6 heteroatoms. The number of anilines is 1. The van der Waals surface area contributed by atoms with E-state index in [0.29, 0.717) is 17.8 Å². The molecule has 1 aliphatic heterocycles. The molecule has 0 spiro atoms. The number of nitrogens with one attached hydrogen (secondary N) is 1. The second-order valence-corrected chi connectivity index (χ2v) is 6.96. The molecule has 1 fully saturated rings. The number of amides is 3. The number of Topliss-reactive ketones (excluding diaryl/α,β-unsaturated/α-hetero) is 1. The lowest BCUT2D eigenvalue weighted by molar-refractivity contribution is -0.138. The fraction of sp³-hybridized carbons (Fsp3) is 0.400. The van der Waals surface area contributed by atoms with Gasteiger partial charge in [-0.15, -0.1) is 0 Å². The lowest BCUT2D eigenvalue weighted by atomic mass is 9.81. The summed E-state index contributed by atoms with van der Waals surface area (Å²) in [6.07, 6.45) is 5.73. The van der Waals surface area contributed by atoms with E-state index in [1.165, 1.54) is 24.0 Å². The Balaban J connectivity index is 1.48. The highest BCUT2D eigenvalue weighted by Crippen LogP contribution is 2.30. The lowest BCUT2D eigenvalue weighted by Gasteiger charge is -2.30. The van der Waals surface area contributed by atoms with Crippen molar-refractivity contribution >= 4 is 29.2 Å². The molecule has 1 N–H and O–H groups in total. The number of carbonyl (C=O) groups is 4. The highest BCUT2D eigenvalue weighted by molar-refractivity contribution is 6.12. The fourth-order valence-electron chi connectivity index (χ4n) is 3.51. The predicted molar refractivity (Wildman–Crippen MR) is 96.4 cm³/mol. The molecule has 26 heavy (non-hydrogen) atoms. The topological polar surface area (TPSA) is 83.6 Å². The van der Waals surface area contributed by atoms with Crippen molar-refractivity contribution in [1.29, 1.82) is 0 Å². The summed E-state index contributed by atoms with van der Waals surface area (Å²) in [7, 11) is 0. The van der Waals surface area contributed by atoms with Crippen molar-refractivity contribution in [3.05, 3.63) is 42.0 Å². The zero-order valence-corrected chi connectivity index (χ0v) is 14.7. The van der Waals surface area contributed by atoms with Gasteiger partial charge in [0.05, 0.1) is 0 Å². The number of rotatable bonds is 5. The smallest absolute Gasteiger partial charge is 0.253 e. The van der Waals surface area contributed by atoms with Crippen LogP contribution in [0.15, 0.2) is 36.4 Å². The molecular formula is C20H22N2O4. The minimum atomic E-state index is -0.246. The number of benzene rings is 1. The highest BCUT2D eigenvalue weighted by Gasteiger charge is 2.31. The molecular weight excluding hydrogens is 332 g/mol. The minimum absolute atomic E-state index is 0.00800. The third-order valence-electron chi connectivity index (χ3n) is 5.12. The molecule has 1 aromatic rings. The molecule has 3 rings (SSSR count). The SMILES string of the molecule is CC(=O)c1ccc(NC(=O)C2CCC(CN3C(=O)C=CC3=O)CC2)cc1. The summed E-state index contributed by atoms with van der Waals surface area (Å²) in [6, 6.07) is 6.87. The summed E-state index contributed by atoms with van der Waals surface area (Å²) in [6.45, 7) is 1.94. The summed E-state index contributed by atoms with van der Waals surface area (Å²) in [5.74, 6) is -0.336. The van der Waals surface area contributed by atoms with Crippen LogP contribution in [0.4, 0.5) is 5.69 Å². The molecule has 0 aromatic heterocycles. The van der Waals surface area contributed by atoms with Crippen LogP contribution in [0.1, 0.15) is 43.0 Å². The molecule has 1 saturated carbocycles. The number of imide groups is 1. The van der Waals surface area contributed by atoms with Gasteiger partial charge in [0.15, 0.2) is 5.78 Å². The van der Waals surface area contributed by atoms with Crippen LogP contribution in [0.5, 0.6) is 0 Å². The molecule has 2 aliphatic rings. The van der Waals surface area contributed by atoms with E-state index in [1.54, 1.807) is 24.3 Å². The Bertz CT molecular complexity index is 741. The summed E-state index contributed by atoms with van der Waals surface area (Å²) in [5, 5.41) is 2.90. The first-order valence-electron chi connectivity index (χ1n) is 8.89. The molecule has 0 unspecified atom stereocenters. The molecule has 0 radical (unpaired) electrons. The summed E-state index contributed by atoms with van der Waals surface area (Å²) < 4.78 is 0. The molecule has 6 nitrogen and oxygen atoms in total. The van der Waals surface area contributed by atoms with Gasteiger partial charge in [0.1, 0.15) is 0 Å². The third kappa shape index (κ3) is 4.07. The number of hydrogen-bond acceptors (Lipinski definition) is 4. The maximum absolute atomic E-state index is 12.4. The van der Waals surface area contributed by atoms with Gasteiger partial charge in [0.25, 0.3) is 11.8 Å². The number of hydrogen-bond donors (Lipinski definition) is 1. The lowest BCUT2D eigenvalue weighted by Crippen LogP contribution is -2.37. The van der Waals surface area contributed by atoms with Crippen molar-refractivity contribution in [3.63, 3.8) is 0 Å². The van der Waals surface area contributed by atoms with Crippen LogP contribution in [0.2, 0.25) is 0 Å². The molecule has 0 atom stereocenters. The number of ketones is 1. The van der Waals surface area contributed by atoms with E-state index in [4.69, 9.17) is 0 Å². The van der Waals surface area contributed by atoms with Gasteiger partial charge in [0.2, 0.25) is 5.91 Å². The number of carbonyl (C=O) groups excluding carboxylic acids is 4. The molecule has 1 heterocycles. The van der Waals surface area contributed by atoms with Gasteiger partial charge in [-0.25, -0.2) is 0 Å². The van der Waals surface area contributed by atoms with Crippen molar-refractivity contribution in [3.8, 4) is 0 Å². The third-order valence-corrected chi connectivity index (χ3v) is 5.12. The van der Waals surface area contributed by atoms with E-state index in [-0.39, 0.29) is 35.3 Å². The number of nitrogens with zero attached hydrogens (tertiary/aromatic N) is 1. The van der Waals surface area contributed by atoms with Crippen molar-refractivity contribution in [2.75, 3.05) is 11.9 Å².